The second kappa shape index (κ2) is 8.82. The summed E-state index contributed by atoms with van der Waals surface area (Å²) in [6, 6.07) is 7.31. The Bertz CT molecular complexity index is 584. The molecule has 2 N–H and O–H groups in total. The van der Waals surface area contributed by atoms with Gasteiger partial charge in [0.25, 0.3) is 0 Å². The smallest absolute Gasteiger partial charge is 0.240 e. The molecule has 0 saturated heterocycles. The Morgan fingerprint density at radius 2 is 1.87 bits per heavy atom. The summed E-state index contributed by atoms with van der Waals surface area (Å²) in [5, 5.41) is 6.98. The van der Waals surface area contributed by atoms with Gasteiger partial charge in [0.15, 0.2) is 0 Å². The van der Waals surface area contributed by atoms with E-state index in [2.05, 4.69) is 38.7 Å². The fraction of sp³-hybridized carbons (Fsp3) is 0.471. The molecule has 1 aliphatic carbocycles. The monoisotopic (exact) mass is 379 g/mol. The first-order valence-electron chi connectivity index (χ1n) is 7.95. The van der Waals surface area contributed by atoms with Crippen LogP contribution < -0.4 is 10.7 Å². The highest BCUT2D eigenvalue weighted by Crippen LogP contribution is 2.20. The largest absolute Gasteiger partial charge is 0.326 e. The number of rotatable bonds is 5. The lowest BCUT2D eigenvalue weighted by Crippen LogP contribution is -2.25. The van der Waals surface area contributed by atoms with Crippen LogP contribution in [0.4, 0.5) is 5.69 Å². The molecule has 1 atom stereocenters. The number of carbonyl (C=O) groups is 2. The Morgan fingerprint density at radius 1 is 1.17 bits per heavy atom. The number of nitrogens with zero attached hydrogens (tertiary/aromatic N) is 1. The third-order valence-electron chi connectivity index (χ3n) is 3.92. The molecule has 0 aromatic heterocycles. The van der Waals surface area contributed by atoms with Crippen molar-refractivity contribution in [1.29, 1.82) is 0 Å². The van der Waals surface area contributed by atoms with Crippen LogP contribution in [0.3, 0.4) is 0 Å². The lowest BCUT2D eigenvalue weighted by molar-refractivity contribution is -0.124. The Labute approximate surface area is 145 Å². The van der Waals surface area contributed by atoms with E-state index in [4.69, 9.17) is 0 Å². The Morgan fingerprint density at radius 3 is 2.57 bits per heavy atom. The summed E-state index contributed by atoms with van der Waals surface area (Å²) in [5.74, 6) is 0.0344. The average Bonchev–Trinajstić information content (AvgIpc) is 2.54. The van der Waals surface area contributed by atoms with Gasteiger partial charge in [-0.05, 0) is 49.4 Å². The summed E-state index contributed by atoms with van der Waals surface area (Å²) in [6.45, 7) is 2.13. The number of hydrogen-bond donors (Lipinski definition) is 2. The average molecular weight is 380 g/mol. The molecule has 124 valence electrons. The fourth-order valence-corrected chi connectivity index (χ4v) is 2.77. The molecule has 1 unspecified atom stereocenters. The highest BCUT2D eigenvalue weighted by molar-refractivity contribution is 9.10. The number of hydrazone groups is 1. The summed E-state index contributed by atoms with van der Waals surface area (Å²) >= 11 is 3.34. The van der Waals surface area contributed by atoms with E-state index in [-0.39, 0.29) is 24.7 Å². The molecule has 1 aromatic carbocycles. The molecular weight excluding hydrogens is 358 g/mol. The minimum Gasteiger partial charge on any atom is -0.326 e. The number of benzene rings is 1. The van der Waals surface area contributed by atoms with Gasteiger partial charge in [0, 0.05) is 28.7 Å². The van der Waals surface area contributed by atoms with Crippen molar-refractivity contribution < 1.29 is 9.59 Å². The molecule has 1 saturated carbocycles. The number of amides is 2. The van der Waals surface area contributed by atoms with Gasteiger partial charge < -0.3 is 5.32 Å². The molecule has 0 aliphatic heterocycles. The highest BCUT2D eigenvalue weighted by atomic mass is 79.9. The topological polar surface area (TPSA) is 70.6 Å². The molecule has 0 radical (unpaired) electrons. The number of hydrogen-bond acceptors (Lipinski definition) is 3. The van der Waals surface area contributed by atoms with Gasteiger partial charge in [0.1, 0.15) is 0 Å². The second-order valence-electron chi connectivity index (χ2n) is 5.84. The van der Waals surface area contributed by atoms with Crippen LogP contribution in [0.5, 0.6) is 0 Å². The van der Waals surface area contributed by atoms with Gasteiger partial charge in [-0.3, -0.25) is 9.59 Å². The first-order valence-corrected chi connectivity index (χ1v) is 8.74. The summed E-state index contributed by atoms with van der Waals surface area (Å²) in [4.78, 5) is 23.6. The lowest BCUT2D eigenvalue weighted by Gasteiger charge is -2.19. The Kier molecular flexibility index (Phi) is 6.77. The third-order valence-corrected chi connectivity index (χ3v) is 4.45. The second-order valence-corrected chi connectivity index (χ2v) is 6.76. The third kappa shape index (κ3) is 6.14. The van der Waals surface area contributed by atoms with Crippen LogP contribution in [0.25, 0.3) is 0 Å². The summed E-state index contributed by atoms with van der Waals surface area (Å²) in [5.41, 5.74) is 4.35. The van der Waals surface area contributed by atoms with E-state index < -0.39 is 0 Å². The van der Waals surface area contributed by atoms with Crippen molar-refractivity contribution >= 4 is 39.1 Å². The first-order chi connectivity index (χ1) is 11.0. The van der Waals surface area contributed by atoms with E-state index in [1.807, 2.05) is 12.1 Å². The highest BCUT2D eigenvalue weighted by Gasteiger charge is 2.16. The molecule has 5 nitrogen and oxygen atoms in total. The predicted molar refractivity (Wildman–Crippen MR) is 95.2 cm³/mol. The minimum absolute atomic E-state index is 0.132. The molecular formula is C17H22BrN3O2. The predicted octanol–water partition coefficient (Wildman–Crippen LogP) is 3.85. The van der Waals surface area contributed by atoms with Crippen molar-refractivity contribution in [3.63, 3.8) is 0 Å². The van der Waals surface area contributed by atoms with Crippen LogP contribution in [-0.2, 0) is 9.59 Å². The van der Waals surface area contributed by atoms with Crippen LogP contribution in [-0.4, -0.2) is 17.5 Å². The summed E-state index contributed by atoms with van der Waals surface area (Å²) < 4.78 is 0.950. The summed E-state index contributed by atoms with van der Waals surface area (Å²) in [6.07, 6.45) is 4.71. The quantitative estimate of drug-likeness (QED) is 0.762. The zero-order valence-electron chi connectivity index (χ0n) is 13.3. The molecule has 2 amide bonds. The normalized spacial score (nSPS) is 19.4. The van der Waals surface area contributed by atoms with Gasteiger partial charge in [-0.1, -0.05) is 29.3 Å². The van der Waals surface area contributed by atoms with E-state index in [0.717, 1.165) is 35.1 Å². The molecule has 1 aromatic rings. The maximum absolute atomic E-state index is 11.8. The van der Waals surface area contributed by atoms with Crippen molar-refractivity contribution in [3.8, 4) is 0 Å². The lowest BCUT2D eigenvalue weighted by atomic mass is 9.89. The number of carbonyl (C=O) groups excluding carboxylic acids is 2. The van der Waals surface area contributed by atoms with Crippen LogP contribution in [0.15, 0.2) is 33.8 Å². The van der Waals surface area contributed by atoms with Gasteiger partial charge in [-0.15, -0.1) is 0 Å². The van der Waals surface area contributed by atoms with Crippen LogP contribution in [0.1, 0.15) is 45.4 Å². The van der Waals surface area contributed by atoms with Crippen molar-refractivity contribution in [2.75, 3.05) is 5.32 Å². The Balaban J connectivity index is 1.72. The SMILES string of the molecule is CC1CCCC/C1=N\NC(=O)CCC(=O)Nc1ccc(Br)cc1. The molecule has 0 heterocycles. The van der Waals surface area contributed by atoms with E-state index >= 15 is 0 Å². The molecule has 2 rings (SSSR count). The van der Waals surface area contributed by atoms with Gasteiger partial charge in [-0.2, -0.15) is 5.10 Å². The zero-order chi connectivity index (χ0) is 16.7. The molecule has 1 aliphatic rings. The maximum atomic E-state index is 11.8. The molecule has 1 fully saturated rings. The number of nitrogens with one attached hydrogen (secondary N) is 2. The van der Waals surface area contributed by atoms with Crippen molar-refractivity contribution in [1.82, 2.24) is 5.43 Å². The van der Waals surface area contributed by atoms with Gasteiger partial charge in [0.05, 0.1) is 0 Å². The van der Waals surface area contributed by atoms with E-state index in [1.54, 1.807) is 12.1 Å². The van der Waals surface area contributed by atoms with E-state index in [0.29, 0.717) is 5.92 Å². The molecule has 0 bridgehead atoms. The number of halogens is 1. The van der Waals surface area contributed by atoms with E-state index in [1.165, 1.54) is 6.42 Å². The molecule has 6 heteroatoms. The first kappa shape index (κ1) is 17.7. The zero-order valence-corrected chi connectivity index (χ0v) is 14.9. The van der Waals surface area contributed by atoms with Crippen molar-refractivity contribution in [2.24, 2.45) is 11.0 Å². The fourth-order valence-electron chi connectivity index (χ4n) is 2.51. The van der Waals surface area contributed by atoms with E-state index in [9.17, 15) is 9.59 Å². The van der Waals surface area contributed by atoms with Gasteiger partial charge in [-0.25, -0.2) is 5.43 Å². The van der Waals surface area contributed by atoms with Crippen LogP contribution in [0.2, 0.25) is 0 Å². The van der Waals surface area contributed by atoms with Crippen molar-refractivity contribution in [2.45, 2.75) is 45.4 Å². The maximum Gasteiger partial charge on any atom is 0.240 e. The van der Waals surface area contributed by atoms with Gasteiger partial charge in [0.2, 0.25) is 11.8 Å². The number of anilines is 1. The Hall–Kier alpha value is -1.69. The molecule has 23 heavy (non-hydrogen) atoms. The molecule has 0 spiro atoms. The van der Waals surface area contributed by atoms with Crippen LogP contribution >= 0.6 is 15.9 Å². The van der Waals surface area contributed by atoms with Crippen LogP contribution in [0, 0.1) is 5.92 Å². The standard InChI is InChI=1S/C17H22BrN3O2/c1-12-4-2-3-5-15(12)20-21-17(23)11-10-16(22)19-14-8-6-13(18)7-9-14/h6-9,12H,2-5,10-11H2,1H3,(H,19,22)(H,21,23)/b20-15+. The van der Waals surface area contributed by atoms with Crippen molar-refractivity contribution in [3.05, 3.63) is 28.7 Å². The minimum atomic E-state index is -0.221. The van der Waals surface area contributed by atoms with Gasteiger partial charge >= 0.3 is 0 Å². The summed E-state index contributed by atoms with van der Waals surface area (Å²) in [7, 11) is 0.